The highest BCUT2D eigenvalue weighted by atomic mass is 16.6. The third kappa shape index (κ3) is 12.9. The summed E-state index contributed by atoms with van der Waals surface area (Å²) in [6.45, 7) is 16.2. The Labute approximate surface area is 176 Å². The molecule has 0 saturated carbocycles. The summed E-state index contributed by atoms with van der Waals surface area (Å²) in [6.07, 6.45) is 4.80. The van der Waals surface area contributed by atoms with E-state index in [1.807, 2.05) is 46.8 Å². The molecule has 0 radical (unpaired) electrons. The summed E-state index contributed by atoms with van der Waals surface area (Å²) in [5.41, 5.74) is -0.612. The fourth-order valence-corrected chi connectivity index (χ4v) is 2.34. The van der Waals surface area contributed by atoms with E-state index in [9.17, 15) is 14.4 Å². The van der Waals surface area contributed by atoms with Gasteiger partial charge in [0.15, 0.2) is 0 Å². The zero-order valence-electron chi connectivity index (χ0n) is 19.4. The van der Waals surface area contributed by atoms with Crippen molar-refractivity contribution in [2.75, 3.05) is 13.1 Å². The lowest BCUT2D eigenvalue weighted by atomic mass is 9.97. The Morgan fingerprint density at radius 2 is 1.31 bits per heavy atom. The number of alkyl carbamates (subject to hydrolysis) is 1. The van der Waals surface area contributed by atoms with Gasteiger partial charge in [-0.25, -0.2) is 4.79 Å². The monoisotopic (exact) mass is 411 g/mol. The second kappa shape index (κ2) is 13.2. The molecular weight excluding hydrogens is 370 g/mol. The zero-order valence-corrected chi connectivity index (χ0v) is 19.4. The first-order valence-corrected chi connectivity index (χ1v) is 10.5. The number of amides is 3. The zero-order chi connectivity index (χ0) is 22.6. The molecule has 0 aliphatic rings. The van der Waals surface area contributed by atoms with Crippen LogP contribution < -0.4 is 16.0 Å². The molecule has 0 unspecified atom stereocenters. The van der Waals surface area contributed by atoms with E-state index in [4.69, 9.17) is 4.74 Å². The smallest absolute Gasteiger partial charge is 0.408 e. The van der Waals surface area contributed by atoms with Crippen molar-refractivity contribution in [3.63, 3.8) is 0 Å². The highest BCUT2D eigenvalue weighted by Crippen LogP contribution is 2.09. The number of hydrogen-bond acceptors (Lipinski definition) is 4. The lowest BCUT2D eigenvalue weighted by Crippen LogP contribution is -2.51. The molecule has 0 saturated heterocycles. The minimum Gasteiger partial charge on any atom is -0.444 e. The predicted molar refractivity (Wildman–Crippen MR) is 116 cm³/mol. The Kier molecular flexibility index (Phi) is 12.3. The van der Waals surface area contributed by atoms with Crippen LogP contribution in [0.15, 0.2) is 12.2 Å². The average Bonchev–Trinajstić information content (AvgIpc) is 2.58. The Balaban J connectivity index is 4.17. The van der Waals surface area contributed by atoms with Gasteiger partial charge >= 0.3 is 6.09 Å². The van der Waals surface area contributed by atoms with Crippen molar-refractivity contribution < 1.29 is 19.1 Å². The second-order valence-electron chi connectivity index (χ2n) is 9.03. The van der Waals surface area contributed by atoms with Gasteiger partial charge < -0.3 is 20.7 Å². The van der Waals surface area contributed by atoms with Gasteiger partial charge in [-0.3, -0.25) is 9.59 Å². The number of carbonyl (C=O) groups is 3. The lowest BCUT2D eigenvalue weighted by Gasteiger charge is -2.25. The van der Waals surface area contributed by atoms with Crippen LogP contribution in [-0.2, 0) is 14.3 Å². The molecule has 0 aromatic heterocycles. The summed E-state index contributed by atoms with van der Waals surface area (Å²) in [4.78, 5) is 36.1. The molecule has 0 aromatic rings. The summed E-state index contributed by atoms with van der Waals surface area (Å²) < 4.78 is 5.22. The van der Waals surface area contributed by atoms with Gasteiger partial charge in [0.25, 0.3) is 0 Å². The molecule has 0 spiro atoms. The molecule has 0 fully saturated rings. The fraction of sp³-hybridized carbons (Fsp3) is 0.773. The molecule has 7 nitrogen and oxygen atoms in total. The maximum absolute atomic E-state index is 12.4. The van der Waals surface area contributed by atoms with Crippen molar-refractivity contribution in [1.82, 2.24) is 16.0 Å². The van der Waals surface area contributed by atoms with E-state index < -0.39 is 17.7 Å². The highest BCUT2D eigenvalue weighted by Gasteiger charge is 2.26. The first kappa shape index (κ1) is 27.0. The third-order valence-corrected chi connectivity index (χ3v) is 4.42. The topological polar surface area (TPSA) is 96.5 Å². The van der Waals surface area contributed by atoms with Crippen molar-refractivity contribution in [2.24, 2.45) is 17.8 Å². The van der Waals surface area contributed by atoms with Crippen LogP contribution in [0.1, 0.15) is 68.2 Å². The van der Waals surface area contributed by atoms with E-state index in [-0.39, 0.29) is 23.7 Å². The van der Waals surface area contributed by atoms with Crippen molar-refractivity contribution in [3.05, 3.63) is 12.2 Å². The van der Waals surface area contributed by atoms with Gasteiger partial charge in [-0.2, -0.15) is 0 Å². The number of nitrogens with one attached hydrogen (secondary N) is 3. The Bertz CT molecular complexity index is 551. The molecule has 0 rings (SSSR count). The van der Waals surface area contributed by atoms with Crippen LogP contribution in [0.25, 0.3) is 0 Å². The van der Waals surface area contributed by atoms with Crippen LogP contribution in [0.4, 0.5) is 4.79 Å². The van der Waals surface area contributed by atoms with Crippen molar-refractivity contribution in [1.29, 1.82) is 0 Å². The molecule has 0 aromatic carbocycles. The van der Waals surface area contributed by atoms with Gasteiger partial charge in [-0.1, -0.05) is 46.8 Å². The van der Waals surface area contributed by atoms with Crippen molar-refractivity contribution in [2.45, 2.75) is 79.9 Å². The van der Waals surface area contributed by atoms with Gasteiger partial charge in [0.1, 0.15) is 11.6 Å². The van der Waals surface area contributed by atoms with Crippen LogP contribution in [0.2, 0.25) is 0 Å². The molecule has 2 atom stereocenters. The molecule has 0 aliphatic heterocycles. The summed E-state index contributed by atoms with van der Waals surface area (Å²) in [6, 6.07) is -0.646. The Hall–Kier alpha value is -2.05. The van der Waals surface area contributed by atoms with Crippen LogP contribution in [0, 0.1) is 17.8 Å². The summed E-state index contributed by atoms with van der Waals surface area (Å²) in [5.74, 6) is 0.132. The minimum absolute atomic E-state index is 0.0115. The van der Waals surface area contributed by atoms with Crippen molar-refractivity contribution >= 4 is 17.9 Å². The normalized spacial score (nSPS) is 14.0. The maximum Gasteiger partial charge on any atom is 0.408 e. The number of rotatable bonds is 11. The van der Waals surface area contributed by atoms with Crippen LogP contribution in [-0.4, -0.2) is 42.6 Å². The summed E-state index contributed by atoms with van der Waals surface area (Å²) in [5, 5.41) is 8.40. The largest absolute Gasteiger partial charge is 0.444 e. The molecule has 168 valence electrons. The summed E-state index contributed by atoms with van der Waals surface area (Å²) in [7, 11) is 0. The summed E-state index contributed by atoms with van der Waals surface area (Å²) >= 11 is 0. The van der Waals surface area contributed by atoms with E-state index in [1.54, 1.807) is 20.8 Å². The van der Waals surface area contributed by atoms with Crippen LogP contribution >= 0.6 is 0 Å². The quantitative estimate of drug-likeness (QED) is 0.359. The number of hydrogen-bond donors (Lipinski definition) is 3. The molecule has 0 bridgehead atoms. The Morgan fingerprint density at radius 3 is 1.72 bits per heavy atom. The Morgan fingerprint density at radius 1 is 0.828 bits per heavy atom. The standard InChI is InChI=1S/C22H41N3O4/c1-15(2)17(5)19(26)23-13-11-9-10-12-14-24-20(27)18(16(3)4)25-21(28)29-22(6,7)8/h9-10,15-18H,11-14H2,1-8H3,(H,23,26)(H,24,27)(H,25,28)/b10-9-/t17-,18-/m0/s1. The predicted octanol–water partition coefficient (Wildman–Crippen LogP) is 3.40. The SMILES string of the molecule is CC(C)[C@H](C)C(=O)NCC/C=C\CCNC(=O)[C@@H](NC(=O)OC(C)(C)C)C(C)C. The second-order valence-corrected chi connectivity index (χ2v) is 9.03. The highest BCUT2D eigenvalue weighted by molar-refractivity contribution is 5.85. The molecule has 0 heterocycles. The first-order chi connectivity index (χ1) is 13.3. The maximum atomic E-state index is 12.4. The molecule has 29 heavy (non-hydrogen) atoms. The number of ether oxygens (including phenoxy) is 1. The van der Waals surface area contributed by atoms with E-state index in [0.29, 0.717) is 25.4 Å². The molecule has 3 N–H and O–H groups in total. The van der Waals surface area contributed by atoms with E-state index in [2.05, 4.69) is 16.0 Å². The molecular formula is C22H41N3O4. The fourth-order valence-electron chi connectivity index (χ4n) is 2.34. The van der Waals surface area contributed by atoms with Gasteiger partial charge in [0, 0.05) is 19.0 Å². The molecule has 7 heteroatoms. The van der Waals surface area contributed by atoms with Crippen LogP contribution in [0.5, 0.6) is 0 Å². The van der Waals surface area contributed by atoms with Gasteiger partial charge in [-0.05, 0) is 45.4 Å². The van der Waals surface area contributed by atoms with Gasteiger partial charge in [0.05, 0.1) is 0 Å². The third-order valence-electron chi connectivity index (χ3n) is 4.42. The first-order valence-electron chi connectivity index (χ1n) is 10.5. The molecule has 3 amide bonds. The molecule has 0 aliphatic carbocycles. The van der Waals surface area contributed by atoms with Crippen LogP contribution in [0.3, 0.4) is 0 Å². The van der Waals surface area contributed by atoms with Gasteiger partial charge in [-0.15, -0.1) is 0 Å². The van der Waals surface area contributed by atoms with E-state index in [0.717, 1.165) is 6.42 Å². The van der Waals surface area contributed by atoms with E-state index >= 15 is 0 Å². The average molecular weight is 412 g/mol. The minimum atomic E-state index is -0.646. The van der Waals surface area contributed by atoms with E-state index in [1.165, 1.54) is 0 Å². The van der Waals surface area contributed by atoms with Crippen molar-refractivity contribution in [3.8, 4) is 0 Å². The lowest BCUT2D eigenvalue weighted by molar-refractivity contribution is -0.125. The number of carbonyl (C=O) groups excluding carboxylic acids is 3. The van der Waals surface area contributed by atoms with Gasteiger partial charge in [0.2, 0.25) is 11.8 Å².